The molecule has 0 radical (unpaired) electrons. The number of amides is 6. The fraction of sp³-hybridized carbons (Fsp3) is 0.833. The van der Waals surface area contributed by atoms with Crippen molar-refractivity contribution in [3.05, 3.63) is 0 Å². The molecule has 7 N–H and O–H groups in total. The molecule has 6 aliphatic heterocycles. The molecular weight excluding hydrogens is 1420 g/mol. The standard InChI is InChI=1S/C16H29NO3Si.C14H25NO5.C13H21NO3.C12H21NO5.C12H23NO4.C10H17NO3.CH4/c1-15(2,3)20-14(18)17-11-9-16(19,10-12-17)8-7-13-21(4,5)6;1-5-19-11(16)10-14(18)6-8-15(9-7-14)12(17)20-13(2,3)4;1-5-6-13(16)7-9-14(10-8-13)11(15)17-12(2,3)4;1-11(2,3)18-10(16)13-6-4-12(17,5-7-13)8-9(14)15;1-11(2,3)17-10(15)13-7-4-12(16,5-8-13)6-9-14;1-10(2,3)14-9(13)11-6-4-8(12)5-7-11;/h19H,8-12H2,1-6H3;18H,5-10H2,1-4H3;1,16H,6-10H2,2-4H3;17H,4-8H2,1-3H3,(H,14,15);14,16H,4-9H2,1-3H3;4-7H2,1-3H3;1H4. The zero-order valence-electron chi connectivity index (χ0n) is 68.8. The highest BCUT2D eigenvalue weighted by molar-refractivity contribution is 6.83. The number of nitrogens with zero attached hydrogens (tertiary/aromatic N) is 6. The van der Waals surface area contributed by atoms with Crippen LogP contribution >= 0.6 is 0 Å². The maximum Gasteiger partial charge on any atom is 0.410 e. The Balaban J connectivity index is 0.00000127. The Hall–Kier alpha value is -6.67. The van der Waals surface area contributed by atoms with Crippen LogP contribution in [0.5, 0.6) is 0 Å². The number of aliphatic carboxylic acids is 1. The van der Waals surface area contributed by atoms with Crippen molar-refractivity contribution in [2.24, 2.45) is 0 Å². The highest BCUT2D eigenvalue weighted by atomic mass is 28.3. The van der Waals surface area contributed by atoms with Gasteiger partial charge in [0.2, 0.25) is 0 Å². The summed E-state index contributed by atoms with van der Waals surface area (Å²) >= 11 is 0. The Morgan fingerprint density at radius 3 is 0.889 bits per heavy atom. The normalized spacial score (nSPS) is 18.9. The van der Waals surface area contributed by atoms with Gasteiger partial charge in [0.05, 0.1) is 47.5 Å². The Labute approximate surface area is 646 Å². The molecule has 29 nitrogen and oxygen atoms in total. The molecule has 108 heavy (non-hydrogen) atoms. The summed E-state index contributed by atoms with van der Waals surface area (Å²) in [4.78, 5) is 113. The van der Waals surface area contributed by atoms with E-state index in [0.29, 0.717) is 169 Å². The highest BCUT2D eigenvalue weighted by Crippen LogP contribution is 2.32. The van der Waals surface area contributed by atoms with E-state index in [2.05, 4.69) is 37.0 Å². The smallest absolute Gasteiger partial charge is 0.410 e. The van der Waals surface area contributed by atoms with Crippen LogP contribution in [0.25, 0.3) is 0 Å². The molecule has 0 aromatic carbocycles. The summed E-state index contributed by atoms with van der Waals surface area (Å²) in [6.07, 6.45) is 9.33. The molecule has 0 atom stereocenters. The summed E-state index contributed by atoms with van der Waals surface area (Å²) in [5.41, 5.74) is -4.39. The second kappa shape index (κ2) is 43.2. The van der Waals surface area contributed by atoms with Gasteiger partial charge in [0.25, 0.3) is 0 Å². The number of carboxylic acids is 1. The molecule has 0 aromatic rings. The van der Waals surface area contributed by atoms with Crippen LogP contribution in [-0.4, -0.2) is 281 Å². The molecule has 0 spiro atoms. The molecule has 0 saturated carbocycles. The van der Waals surface area contributed by atoms with E-state index >= 15 is 0 Å². The third kappa shape index (κ3) is 44.9. The van der Waals surface area contributed by atoms with E-state index < -0.39 is 87.7 Å². The average Bonchev–Trinajstić information content (AvgIpc) is 0.861. The third-order valence-electron chi connectivity index (χ3n) is 16.9. The molecule has 6 amide bonds. The minimum atomic E-state index is -1.39. The molecule has 0 unspecified atom stereocenters. The van der Waals surface area contributed by atoms with E-state index in [4.69, 9.17) is 49.8 Å². The monoisotopic (exact) mass is 1560 g/mol. The predicted octanol–water partition coefficient (Wildman–Crippen LogP) is 11.1. The van der Waals surface area contributed by atoms with Crippen LogP contribution < -0.4 is 0 Å². The SMILES string of the molecule is C.C#CCC1(O)CCN(C(=O)OC(C)(C)C)CC1.CC(C)(C)OC(=O)N1CCC(=O)CC1.CC(C)(C)OC(=O)N1CCC(O)(CC#C[Si](C)(C)C)CC1.CC(C)(C)OC(=O)N1CCC(O)(CC(=O)O)CC1.CC(C)(C)OC(=O)N1CCC(O)(CCO)CC1.CCOC(=O)CC1(O)CCN(C(=O)OC(C)(C)C)CC1. The Bertz CT molecular complexity index is 2940. The van der Waals surface area contributed by atoms with Crippen molar-refractivity contribution >= 4 is 62.4 Å². The van der Waals surface area contributed by atoms with Gasteiger partial charge in [-0.15, -0.1) is 23.8 Å². The van der Waals surface area contributed by atoms with Gasteiger partial charge < -0.3 is 98.3 Å². The van der Waals surface area contributed by atoms with E-state index in [0.717, 1.165) is 0 Å². The van der Waals surface area contributed by atoms with E-state index in [1.165, 1.54) is 4.90 Å². The topological polar surface area (TPSA) is 379 Å². The summed E-state index contributed by atoms with van der Waals surface area (Å²) in [6.45, 7) is 46.8. The van der Waals surface area contributed by atoms with Crippen molar-refractivity contribution < 1.29 is 112 Å². The highest BCUT2D eigenvalue weighted by Gasteiger charge is 2.41. The molecule has 0 aromatic heterocycles. The molecule has 6 saturated heterocycles. The maximum absolute atomic E-state index is 12.0. The molecule has 6 rings (SSSR count). The number of carbonyl (C=O) groups is 9. The molecule has 30 heteroatoms. The second-order valence-corrected chi connectivity index (χ2v) is 40.4. The van der Waals surface area contributed by atoms with Crippen LogP contribution in [0.1, 0.15) is 248 Å². The summed E-state index contributed by atoms with van der Waals surface area (Å²) in [5, 5.41) is 68.6. The lowest BCUT2D eigenvalue weighted by molar-refractivity contribution is -0.150. The predicted molar refractivity (Wildman–Crippen MR) is 413 cm³/mol. The number of hydrogen-bond acceptors (Lipinski definition) is 22. The number of aliphatic hydroxyl groups excluding tert-OH is 1. The van der Waals surface area contributed by atoms with Crippen LogP contribution in [0, 0.1) is 23.8 Å². The first-order valence-corrected chi connectivity index (χ1v) is 41.0. The molecular formula is C78H140N6O23Si. The number of hydrogen-bond donors (Lipinski definition) is 7. The summed E-state index contributed by atoms with van der Waals surface area (Å²) in [6, 6.07) is 0. The second-order valence-electron chi connectivity index (χ2n) is 35.6. The number of ketones is 1. The number of carboxylic acid groups (broad SMARTS) is 1. The van der Waals surface area contributed by atoms with Gasteiger partial charge >= 0.3 is 48.5 Å². The van der Waals surface area contributed by atoms with E-state index in [-0.39, 0.29) is 76.0 Å². The van der Waals surface area contributed by atoms with Gasteiger partial charge in [-0.25, -0.2) is 28.8 Å². The van der Waals surface area contributed by atoms with Gasteiger partial charge in [0.15, 0.2) is 0 Å². The minimum Gasteiger partial charge on any atom is -0.481 e. The van der Waals surface area contributed by atoms with E-state index in [1.807, 2.05) is 104 Å². The number of ether oxygens (including phenoxy) is 7. The lowest BCUT2D eigenvalue weighted by atomic mass is 9.88. The van der Waals surface area contributed by atoms with Gasteiger partial charge in [-0.1, -0.05) is 27.1 Å². The summed E-state index contributed by atoms with van der Waals surface area (Å²) in [7, 11) is -1.39. The number of rotatable bonds is 9. The maximum atomic E-state index is 12.0. The van der Waals surface area contributed by atoms with Crippen LogP contribution in [0.3, 0.4) is 0 Å². The lowest BCUT2D eigenvalue weighted by Crippen LogP contribution is -2.49. The average molecular weight is 1560 g/mol. The van der Waals surface area contributed by atoms with E-state index in [1.54, 1.807) is 52.2 Å². The summed E-state index contributed by atoms with van der Waals surface area (Å²) in [5.74, 6) is 4.42. The van der Waals surface area contributed by atoms with Gasteiger partial charge in [0, 0.05) is 111 Å². The van der Waals surface area contributed by atoms with Crippen molar-refractivity contribution in [2.75, 3.05) is 91.8 Å². The van der Waals surface area contributed by atoms with Crippen molar-refractivity contribution in [2.45, 2.75) is 329 Å². The Morgan fingerprint density at radius 1 is 0.417 bits per heavy atom. The van der Waals surface area contributed by atoms with Crippen molar-refractivity contribution in [1.29, 1.82) is 0 Å². The number of terminal acetylenes is 1. The lowest BCUT2D eigenvalue weighted by Gasteiger charge is -2.38. The Morgan fingerprint density at radius 2 is 0.657 bits per heavy atom. The molecule has 6 fully saturated rings. The van der Waals surface area contributed by atoms with Gasteiger partial charge in [-0.2, -0.15) is 0 Å². The van der Waals surface area contributed by atoms with Gasteiger partial charge in [-0.05, 0) is 202 Å². The Kier molecular flexibility index (Phi) is 40.6. The molecule has 6 heterocycles. The van der Waals surface area contributed by atoms with Crippen LogP contribution in [0.2, 0.25) is 19.6 Å². The fourth-order valence-corrected chi connectivity index (χ4v) is 11.6. The molecule has 624 valence electrons. The first-order chi connectivity index (χ1) is 48.6. The third-order valence-corrected chi connectivity index (χ3v) is 17.8. The van der Waals surface area contributed by atoms with Crippen molar-refractivity contribution in [1.82, 2.24) is 29.4 Å². The van der Waals surface area contributed by atoms with Crippen LogP contribution in [0.15, 0.2) is 0 Å². The quantitative estimate of drug-likeness (QED) is 0.0488. The zero-order chi connectivity index (χ0) is 82.7. The zero-order valence-corrected chi connectivity index (χ0v) is 69.8. The van der Waals surface area contributed by atoms with Crippen molar-refractivity contribution in [3.8, 4) is 23.8 Å². The van der Waals surface area contributed by atoms with E-state index in [9.17, 15) is 68.7 Å². The number of esters is 1. The largest absolute Gasteiger partial charge is 0.481 e. The number of likely N-dealkylation sites (tertiary alicyclic amines) is 6. The minimum absolute atomic E-state index is 0. The summed E-state index contributed by atoms with van der Waals surface area (Å²) < 4.78 is 36.4. The van der Waals surface area contributed by atoms with Gasteiger partial charge in [-0.3, -0.25) is 14.4 Å². The van der Waals surface area contributed by atoms with Crippen LogP contribution in [-0.2, 0) is 47.5 Å². The molecule has 0 aliphatic carbocycles. The number of carbonyl (C=O) groups excluding carboxylic acids is 8. The number of aliphatic hydroxyl groups is 6. The van der Waals surface area contributed by atoms with Crippen molar-refractivity contribution in [3.63, 3.8) is 0 Å². The number of Topliss-reactive ketones (excluding diaryl/α,β-unsaturated/α-hetero) is 1. The number of piperidine rings is 6. The first kappa shape index (κ1) is 101. The van der Waals surface area contributed by atoms with Crippen LogP contribution in [0.4, 0.5) is 28.8 Å². The first-order valence-electron chi connectivity index (χ1n) is 37.5. The molecule has 6 aliphatic rings. The fourth-order valence-electron chi connectivity index (χ4n) is 11.0. The van der Waals surface area contributed by atoms with Gasteiger partial charge in [0.1, 0.15) is 47.5 Å². The molecule has 0 bridgehead atoms.